The average molecular weight is 1320 g/mol. The number of hydrogen-bond acceptors (Lipinski definition) is 36. The Morgan fingerprint density at radius 2 is 0.578 bits per heavy atom. The number of carbonyl (C=O) groups excluding carboxylic acids is 4. The molecule has 0 unspecified atom stereocenters. The number of carbonyl (C=O) groups is 4. The highest BCUT2D eigenvalue weighted by atomic mass is 16.8. The monoisotopic (exact) mass is 1320 g/mol. The summed E-state index contributed by atoms with van der Waals surface area (Å²) in [5.41, 5.74) is 0. The Morgan fingerprint density at radius 3 is 0.956 bits per heavy atom. The molecule has 520 valence electrons. The van der Waals surface area contributed by atoms with Crippen LogP contribution in [0.15, 0.2) is 0 Å². The molecule has 0 aromatic heterocycles. The number of rotatable bonds is 23. The van der Waals surface area contributed by atoms with E-state index in [1.807, 2.05) is 0 Å². The predicted octanol–water partition coefficient (Wildman–Crippen LogP) is -15.7. The summed E-state index contributed by atoms with van der Waals surface area (Å²) in [6.07, 6.45) is -61.2. The zero-order chi connectivity index (χ0) is 66.5. The van der Waals surface area contributed by atoms with Crippen molar-refractivity contribution in [2.75, 3.05) is 46.2 Å². The van der Waals surface area contributed by atoms with Crippen LogP contribution in [-0.4, -0.2) is 382 Å². The summed E-state index contributed by atoms with van der Waals surface area (Å²) >= 11 is 0. The van der Waals surface area contributed by atoms with Gasteiger partial charge in [-0.3, -0.25) is 19.2 Å². The first-order chi connectivity index (χ1) is 42.5. The Morgan fingerprint density at radius 1 is 0.289 bits per heavy atom. The summed E-state index contributed by atoms with van der Waals surface area (Å²) in [6.45, 7) is -2.75. The van der Waals surface area contributed by atoms with E-state index in [2.05, 4.69) is 21.3 Å². The lowest BCUT2D eigenvalue weighted by Crippen LogP contribution is -2.70. The lowest BCUT2D eigenvalue weighted by Gasteiger charge is -2.51. The number of aliphatic hydroxyl groups is 19. The van der Waals surface area contributed by atoms with Gasteiger partial charge >= 0.3 is 0 Å². The van der Waals surface area contributed by atoms with Gasteiger partial charge < -0.3 is 180 Å². The quantitative estimate of drug-likeness (QED) is 0.0452. The van der Waals surface area contributed by atoms with E-state index in [0.717, 1.165) is 27.7 Å². The lowest BCUT2D eigenvalue weighted by atomic mass is 9.94. The molecule has 7 aliphatic rings. The smallest absolute Gasteiger partial charge is 0.217 e. The maximum atomic E-state index is 12.5. The van der Waals surface area contributed by atoms with Gasteiger partial charge in [-0.1, -0.05) is 0 Å². The molecule has 0 saturated carbocycles. The molecule has 23 N–H and O–H groups in total. The second-order valence-corrected chi connectivity index (χ2v) is 22.6. The van der Waals surface area contributed by atoms with Crippen molar-refractivity contribution in [2.45, 2.75) is 242 Å². The molecule has 40 nitrogen and oxygen atoms in total. The van der Waals surface area contributed by atoms with Gasteiger partial charge in [0.25, 0.3) is 0 Å². The van der Waals surface area contributed by atoms with Gasteiger partial charge in [-0.25, -0.2) is 0 Å². The summed E-state index contributed by atoms with van der Waals surface area (Å²) < 4.78 is 76.3. The normalized spacial score (nSPS) is 47.6. The van der Waals surface area contributed by atoms with Crippen LogP contribution in [0.25, 0.3) is 0 Å². The van der Waals surface area contributed by atoms with Crippen molar-refractivity contribution < 1.29 is 178 Å². The molecule has 90 heavy (non-hydrogen) atoms. The lowest BCUT2D eigenvalue weighted by molar-refractivity contribution is -0.395. The fourth-order valence-electron chi connectivity index (χ4n) is 11.4. The van der Waals surface area contributed by atoms with Gasteiger partial charge in [0.15, 0.2) is 44.0 Å². The van der Waals surface area contributed by atoms with Crippen molar-refractivity contribution >= 4 is 23.6 Å². The van der Waals surface area contributed by atoms with Gasteiger partial charge in [-0.15, -0.1) is 0 Å². The standard InChI is InChI=1S/C50H84N4O36/c1-12(60)51-23-33(70)27(64)16(5-55)81-45(23)78-10-21-31(68)37(74)42(89-47-25(53-14(3)62)35(72)29(66)18(7-57)83-47)49(86-21)79-11-22-32(69)41(39(76)44(77)80-22)88-50-43(90-48-26(54-15(4)63)36(73)30(67)19(8-58)84-48)38(75)40(20(9-59)85-50)87-46-24(52-13(2)61)34(71)28(65)17(6-56)82-46/h16-50,55-59,64-77H,5-11H2,1-4H3,(H,51,60)(H,52,61)(H,53,62)(H,54,63)/t16-,17-,18-,19-,20-,21-,22-,23-,24-,25-,26-,27-,28-,29-,30-,31-,32-,33-,34-,35-,36-,37+,38+,39+,40-,41+,42+,43+,44-,45-,46+,47+,48+,49+,50-/m1/s1. The van der Waals surface area contributed by atoms with Crippen LogP contribution in [-0.2, 0) is 80.8 Å². The van der Waals surface area contributed by atoms with Gasteiger partial charge in [-0.2, -0.15) is 0 Å². The molecule has 0 bridgehead atoms. The first-order valence-electron chi connectivity index (χ1n) is 28.6. The molecule has 0 aliphatic carbocycles. The maximum absolute atomic E-state index is 12.5. The van der Waals surface area contributed by atoms with E-state index >= 15 is 0 Å². The Labute approximate surface area is 510 Å². The fourth-order valence-corrected chi connectivity index (χ4v) is 11.4. The summed E-state index contributed by atoms with van der Waals surface area (Å²) in [7, 11) is 0. The van der Waals surface area contributed by atoms with E-state index in [1.54, 1.807) is 0 Å². The molecule has 0 aromatic rings. The van der Waals surface area contributed by atoms with Gasteiger partial charge in [-0.05, 0) is 0 Å². The summed E-state index contributed by atoms with van der Waals surface area (Å²) in [5.74, 6) is -3.22. The number of aliphatic hydroxyl groups excluding tert-OH is 19. The summed E-state index contributed by atoms with van der Waals surface area (Å²) in [4.78, 5) is 49.3. The highest BCUT2D eigenvalue weighted by molar-refractivity contribution is 5.74. The van der Waals surface area contributed by atoms with E-state index in [1.165, 1.54) is 0 Å². The Kier molecular flexibility index (Phi) is 26.6. The molecule has 7 heterocycles. The first kappa shape index (κ1) is 74.0. The minimum absolute atomic E-state index is 0.744. The largest absolute Gasteiger partial charge is 0.394 e. The molecular formula is C50H84N4O36. The van der Waals surface area contributed by atoms with Crippen LogP contribution in [0.3, 0.4) is 0 Å². The predicted molar refractivity (Wildman–Crippen MR) is 278 cm³/mol. The third-order valence-corrected chi connectivity index (χ3v) is 16.1. The SMILES string of the molecule is CC(=O)N[C@H]1[C@H](OC[C@H]2O[C@H](OC[C@H]3O[C@@H](O)[C@@H](O)[C@@H](O[C@H]4O[C@H](CO)[C@@H](O[C@@H]5O[C@H](CO)[C@@H](O)[C@H](O)[C@H]5NC(C)=O)[C@H](O)[C@@H]4O[C@@H]4O[C@H](CO)[C@@H](O)[C@H](O)[C@H]4NC(C)=O)[C@@H]3O)[C@@H](O[C@@H]3O[C@H](CO)[C@@H](O)[C@H](O)[C@H]3NC(C)=O)[C@@H](O)[C@@H]2O)O[C@H](CO)[C@@H](O)[C@@H]1O. The van der Waals surface area contributed by atoms with Crippen molar-refractivity contribution in [2.24, 2.45) is 0 Å². The summed E-state index contributed by atoms with van der Waals surface area (Å²) in [6, 6.07) is -6.68. The Balaban J connectivity index is 1.19. The van der Waals surface area contributed by atoms with Crippen molar-refractivity contribution in [1.82, 2.24) is 21.3 Å². The minimum Gasteiger partial charge on any atom is -0.394 e. The zero-order valence-electron chi connectivity index (χ0n) is 48.6. The summed E-state index contributed by atoms with van der Waals surface area (Å²) in [5, 5.41) is 217. The highest BCUT2D eigenvalue weighted by Crippen LogP contribution is 2.37. The second-order valence-electron chi connectivity index (χ2n) is 22.6. The number of amides is 4. The van der Waals surface area contributed by atoms with E-state index in [4.69, 9.17) is 61.6 Å². The van der Waals surface area contributed by atoms with Crippen LogP contribution in [0.1, 0.15) is 27.7 Å². The van der Waals surface area contributed by atoms with Gasteiger partial charge in [0, 0.05) is 27.7 Å². The maximum Gasteiger partial charge on any atom is 0.217 e. The third-order valence-electron chi connectivity index (χ3n) is 16.1. The number of ether oxygens (including phenoxy) is 13. The van der Waals surface area contributed by atoms with Crippen molar-refractivity contribution in [3.8, 4) is 0 Å². The molecule has 7 fully saturated rings. The van der Waals surface area contributed by atoms with Crippen LogP contribution < -0.4 is 21.3 Å². The van der Waals surface area contributed by atoms with Gasteiger partial charge in [0.2, 0.25) is 23.6 Å². The molecule has 35 atom stereocenters. The molecule has 7 rings (SSSR count). The van der Waals surface area contributed by atoms with E-state index in [9.17, 15) is 116 Å². The molecule has 0 aromatic carbocycles. The van der Waals surface area contributed by atoms with Crippen molar-refractivity contribution in [1.29, 1.82) is 0 Å². The molecule has 0 radical (unpaired) electrons. The third kappa shape index (κ3) is 16.6. The highest BCUT2D eigenvalue weighted by Gasteiger charge is 2.59. The zero-order valence-corrected chi connectivity index (χ0v) is 48.6. The Bertz CT molecular complexity index is 2310. The van der Waals surface area contributed by atoms with Crippen LogP contribution >= 0.6 is 0 Å². The van der Waals surface area contributed by atoms with Crippen LogP contribution in [0, 0.1) is 0 Å². The minimum atomic E-state index is -2.39. The molecule has 7 saturated heterocycles. The Hall–Kier alpha value is -3.40. The average Bonchev–Trinajstić information content (AvgIpc) is 0.833. The van der Waals surface area contributed by atoms with Crippen molar-refractivity contribution in [3.05, 3.63) is 0 Å². The van der Waals surface area contributed by atoms with Crippen molar-refractivity contribution in [3.63, 3.8) is 0 Å². The molecule has 4 amide bonds. The van der Waals surface area contributed by atoms with Gasteiger partial charge in [0.1, 0.15) is 171 Å². The molecular weight excluding hydrogens is 1230 g/mol. The van der Waals surface area contributed by atoms with E-state index in [0.29, 0.717) is 0 Å². The van der Waals surface area contributed by atoms with Crippen LogP contribution in [0.5, 0.6) is 0 Å². The molecule has 7 aliphatic heterocycles. The fraction of sp³-hybridized carbons (Fsp3) is 0.920. The molecule has 40 heteroatoms. The van der Waals surface area contributed by atoms with Crippen LogP contribution in [0.2, 0.25) is 0 Å². The van der Waals surface area contributed by atoms with Crippen LogP contribution in [0.4, 0.5) is 0 Å². The van der Waals surface area contributed by atoms with Gasteiger partial charge in [0.05, 0.1) is 46.2 Å². The molecule has 0 spiro atoms. The first-order valence-corrected chi connectivity index (χ1v) is 28.6. The van der Waals surface area contributed by atoms with E-state index in [-0.39, 0.29) is 0 Å². The van der Waals surface area contributed by atoms with E-state index < -0.39 is 285 Å². The number of hydrogen-bond donors (Lipinski definition) is 23. The second kappa shape index (κ2) is 32.4. The number of nitrogens with one attached hydrogen (secondary N) is 4. The topological polar surface area (TPSA) is 621 Å².